The number of esters is 1. The van der Waals surface area contributed by atoms with Gasteiger partial charge in [0.2, 0.25) is 12.0 Å². The number of phenolic OH excluding ortho intramolecular Hbond substituents is 1. The van der Waals surface area contributed by atoms with Gasteiger partial charge in [0.25, 0.3) is 0 Å². The van der Waals surface area contributed by atoms with Crippen LogP contribution in [-0.4, -0.2) is 63.7 Å². The third kappa shape index (κ3) is 3.02. The van der Waals surface area contributed by atoms with E-state index >= 15 is 0 Å². The van der Waals surface area contributed by atoms with Gasteiger partial charge in [-0.2, -0.15) is 0 Å². The lowest BCUT2D eigenvalue weighted by Gasteiger charge is -2.43. The van der Waals surface area contributed by atoms with Crippen LogP contribution in [0, 0.1) is 0 Å². The molecule has 2 aliphatic rings. The quantitative estimate of drug-likeness (QED) is 0.408. The maximum atomic E-state index is 12.0. The third-order valence-corrected chi connectivity index (χ3v) is 3.70. The lowest BCUT2D eigenvalue weighted by atomic mass is 9.98. The van der Waals surface area contributed by atoms with E-state index in [-0.39, 0.29) is 11.5 Å². The molecule has 0 radical (unpaired) electrons. The summed E-state index contributed by atoms with van der Waals surface area (Å²) in [7, 11) is 0. The average molecular weight is 324 g/mol. The minimum atomic E-state index is -1.43. The molecule has 5 unspecified atom stereocenters. The predicted molar refractivity (Wildman–Crippen MR) is 74.8 cm³/mol. The Labute approximate surface area is 131 Å². The molecule has 1 aromatic carbocycles. The number of fused-ring (bicyclic) bond motifs is 1. The second-order valence-electron chi connectivity index (χ2n) is 5.29. The Balaban J connectivity index is 1.81. The van der Waals surface area contributed by atoms with Gasteiger partial charge in [-0.1, -0.05) is 12.1 Å². The van der Waals surface area contributed by atoms with Gasteiger partial charge in [-0.15, -0.1) is 0 Å². The van der Waals surface area contributed by atoms with Crippen molar-refractivity contribution in [1.29, 1.82) is 0 Å². The molecule has 2 saturated heterocycles. The molecule has 8 nitrogen and oxygen atoms in total. The molecule has 0 bridgehead atoms. The van der Waals surface area contributed by atoms with Crippen molar-refractivity contribution in [1.82, 2.24) is 0 Å². The zero-order valence-corrected chi connectivity index (χ0v) is 11.9. The molecule has 2 fully saturated rings. The van der Waals surface area contributed by atoms with E-state index in [1.165, 1.54) is 18.2 Å². The molecule has 5 atom stereocenters. The highest BCUT2D eigenvalue weighted by atomic mass is 16.7. The molecule has 23 heavy (non-hydrogen) atoms. The standard InChI is InChI=1S/C15H16O8/c16-6-10-11(18)12(19)13-15(22-10)21-9(14(20)23-13)5-7-1-3-8(17)4-2-7/h1-5,10-13,15-19H,6H2. The summed E-state index contributed by atoms with van der Waals surface area (Å²) in [6.45, 7) is -0.518. The highest BCUT2D eigenvalue weighted by Gasteiger charge is 2.51. The fourth-order valence-corrected chi connectivity index (χ4v) is 2.45. The highest BCUT2D eigenvalue weighted by molar-refractivity contribution is 5.92. The molecule has 3 rings (SSSR count). The van der Waals surface area contributed by atoms with Crippen LogP contribution in [0.25, 0.3) is 6.08 Å². The summed E-state index contributed by atoms with van der Waals surface area (Å²) < 4.78 is 15.8. The fourth-order valence-electron chi connectivity index (χ4n) is 2.45. The van der Waals surface area contributed by atoms with Crippen LogP contribution in [0.15, 0.2) is 30.0 Å². The Morgan fingerprint density at radius 3 is 2.43 bits per heavy atom. The molecule has 2 aliphatic heterocycles. The Morgan fingerprint density at radius 1 is 1.09 bits per heavy atom. The van der Waals surface area contributed by atoms with Gasteiger partial charge >= 0.3 is 5.97 Å². The first-order chi connectivity index (χ1) is 11.0. The number of aromatic hydroxyl groups is 1. The van der Waals surface area contributed by atoms with E-state index in [0.717, 1.165) is 0 Å². The van der Waals surface area contributed by atoms with Crippen molar-refractivity contribution < 1.29 is 39.4 Å². The summed E-state index contributed by atoms with van der Waals surface area (Å²) in [6.07, 6.45) is -4.78. The number of ether oxygens (including phenoxy) is 3. The first-order valence-corrected chi connectivity index (χ1v) is 7.00. The van der Waals surface area contributed by atoms with Crippen LogP contribution in [0.5, 0.6) is 5.75 Å². The normalized spacial score (nSPS) is 35.3. The number of benzene rings is 1. The van der Waals surface area contributed by atoms with Crippen LogP contribution in [0.1, 0.15) is 5.56 Å². The molecule has 4 N–H and O–H groups in total. The van der Waals surface area contributed by atoms with Gasteiger partial charge in [0.1, 0.15) is 24.1 Å². The molecule has 1 aromatic rings. The minimum Gasteiger partial charge on any atom is -0.508 e. The summed E-state index contributed by atoms with van der Waals surface area (Å²) in [5.74, 6) is -0.869. The maximum Gasteiger partial charge on any atom is 0.374 e. The number of aliphatic hydroxyl groups excluding tert-OH is 3. The Morgan fingerprint density at radius 2 is 1.78 bits per heavy atom. The summed E-state index contributed by atoms with van der Waals surface area (Å²) in [5, 5.41) is 38.1. The third-order valence-electron chi connectivity index (χ3n) is 3.70. The van der Waals surface area contributed by atoms with Crippen LogP contribution >= 0.6 is 0 Å². The topological polar surface area (TPSA) is 126 Å². The monoisotopic (exact) mass is 324 g/mol. The van der Waals surface area contributed by atoms with E-state index < -0.39 is 43.3 Å². The highest BCUT2D eigenvalue weighted by Crippen LogP contribution is 2.31. The second-order valence-corrected chi connectivity index (χ2v) is 5.29. The smallest absolute Gasteiger partial charge is 0.374 e. The van der Waals surface area contributed by atoms with Crippen molar-refractivity contribution in [3.8, 4) is 5.75 Å². The van der Waals surface area contributed by atoms with Crippen molar-refractivity contribution in [3.05, 3.63) is 35.6 Å². The van der Waals surface area contributed by atoms with Gasteiger partial charge in [0, 0.05) is 0 Å². The molecule has 0 spiro atoms. The fraction of sp³-hybridized carbons (Fsp3) is 0.400. The minimum absolute atomic E-state index is 0.0814. The summed E-state index contributed by atoms with van der Waals surface area (Å²) >= 11 is 0. The summed E-state index contributed by atoms with van der Waals surface area (Å²) in [6, 6.07) is 6.04. The van der Waals surface area contributed by atoms with E-state index in [1.807, 2.05) is 0 Å². The number of rotatable bonds is 2. The van der Waals surface area contributed by atoms with Crippen molar-refractivity contribution in [2.45, 2.75) is 30.7 Å². The Hall–Kier alpha value is -2.13. The number of phenols is 1. The van der Waals surface area contributed by atoms with Crippen LogP contribution < -0.4 is 0 Å². The van der Waals surface area contributed by atoms with Crippen molar-refractivity contribution in [2.75, 3.05) is 6.61 Å². The van der Waals surface area contributed by atoms with Gasteiger partial charge in [-0.05, 0) is 23.8 Å². The molecule has 2 heterocycles. The lowest BCUT2D eigenvalue weighted by molar-refractivity contribution is -0.308. The van der Waals surface area contributed by atoms with Gasteiger partial charge < -0.3 is 34.6 Å². The molecule has 124 valence electrons. The molecular weight excluding hydrogens is 308 g/mol. The number of carbonyl (C=O) groups is 1. The van der Waals surface area contributed by atoms with Crippen LogP contribution in [0.3, 0.4) is 0 Å². The molecule has 0 saturated carbocycles. The number of hydrogen-bond acceptors (Lipinski definition) is 8. The zero-order chi connectivity index (χ0) is 16.6. The van der Waals surface area contributed by atoms with Crippen molar-refractivity contribution >= 4 is 12.0 Å². The largest absolute Gasteiger partial charge is 0.508 e. The van der Waals surface area contributed by atoms with Crippen LogP contribution in [-0.2, 0) is 19.0 Å². The Kier molecular flexibility index (Phi) is 4.22. The molecule has 8 heteroatoms. The first-order valence-electron chi connectivity index (χ1n) is 7.00. The van der Waals surface area contributed by atoms with Gasteiger partial charge in [-0.3, -0.25) is 0 Å². The Bertz CT molecular complexity index is 610. The van der Waals surface area contributed by atoms with Crippen LogP contribution in [0.2, 0.25) is 0 Å². The van der Waals surface area contributed by atoms with Gasteiger partial charge in [-0.25, -0.2) is 4.79 Å². The number of carbonyl (C=O) groups excluding carboxylic acids is 1. The maximum absolute atomic E-state index is 12.0. The molecule has 0 amide bonds. The van der Waals surface area contributed by atoms with E-state index in [0.29, 0.717) is 5.56 Å². The predicted octanol–water partition coefficient (Wildman–Crippen LogP) is -0.886. The van der Waals surface area contributed by atoms with Gasteiger partial charge in [0.05, 0.1) is 6.61 Å². The number of aliphatic hydroxyl groups is 3. The summed E-state index contributed by atoms with van der Waals surface area (Å²) in [4.78, 5) is 12.0. The first kappa shape index (κ1) is 15.8. The van der Waals surface area contributed by atoms with E-state index in [2.05, 4.69) is 0 Å². The lowest BCUT2D eigenvalue weighted by Crippen LogP contribution is -2.62. The van der Waals surface area contributed by atoms with Crippen LogP contribution in [0.4, 0.5) is 0 Å². The van der Waals surface area contributed by atoms with Crippen molar-refractivity contribution in [3.63, 3.8) is 0 Å². The molecule has 0 aliphatic carbocycles. The van der Waals surface area contributed by atoms with Crippen molar-refractivity contribution in [2.24, 2.45) is 0 Å². The zero-order valence-electron chi connectivity index (χ0n) is 11.9. The van der Waals surface area contributed by atoms with E-state index in [1.54, 1.807) is 12.1 Å². The van der Waals surface area contributed by atoms with Gasteiger partial charge in [0.15, 0.2) is 6.10 Å². The molecular formula is C15H16O8. The average Bonchev–Trinajstić information content (AvgIpc) is 2.54. The SMILES string of the molecule is O=C1OC2C(OC1=Cc1ccc(O)cc1)OC(CO)C(O)C2O. The summed E-state index contributed by atoms with van der Waals surface area (Å²) in [5.41, 5.74) is 0.586. The van der Waals surface area contributed by atoms with E-state index in [4.69, 9.17) is 19.3 Å². The molecule has 0 aromatic heterocycles. The second kappa shape index (κ2) is 6.17. The number of hydrogen-bond donors (Lipinski definition) is 4. The van der Waals surface area contributed by atoms with E-state index in [9.17, 15) is 20.1 Å².